The van der Waals surface area contributed by atoms with Crippen LogP contribution in [0.2, 0.25) is 0 Å². The Bertz CT molecular complexity index is 604. The van der Waals surface area contributed by atoms with Gasteiger partial charge in [0, 0.05) is 27.7 Å². The monoisotopic (exact) mass is 296 g/mol. The van der Waals surface area contributed by atoms with E-state index in [0.717, 1.165) is 5.56 Å². The number of hydrogen-bond acceptors (Lipinski definition) is 6. The standard InChI is InChI=1S/C13H17N2O4P/c1-14-12-13(20(16,17-2)18-3)15-11(19-12)9-10-7-5-4-6-8-10/h4-8,14H,9H2,1-3H3. The summed E-state index contributed by atoms with van der Waals surface area (Å²) in [5, 5.41) is 2.81. The average molecular weight is 296 g/mol. The molecule has 0 atom stereocenters. The van der Waals surface area contributed by atoms with Gasteiger partial charge in [-0.2, -0.15) is 0 Å². The van der Waals surface area contributed by atoms with Gasteiger partial charge in [-0.3, -0.25) is 4.57 Å². The normalized spacial score (nSPS) is 11.6. The molecule has 0 aliphatic carbocycles. The van der Waals surface area contributed by atoms with Gasteiger partial charge < -0.3 is 18.8 Å². The molecule has 2 rings (SSSR count). The molecular formula is C13H17N2O4P. The Morgan fingerprint density at radius 3 is 2.45 bits per heavy atom. The zero-order valence-corrected chi connectivity index (χ0v) is 12.5. The maximum absolute atomic E-state index is 12.4. The summed E-state index contributed by atoms with van der Waals surface area (Å²) in [7, 11) is 0.849. The van der Waals surface area contributed by atoms with Crippen molar-refractivity contribution in [1.29, 1.82) is 0 Å². The van der Waals surface area contributed by atoms with E-state index in [1.165, 1.54) is 14.2 Å². The molecule has 7 heteroatoms. The zero-order chi connectivity index (χ0) is 14.6. The summed E-state index contributed by atoms with van der Waals surface area (Å²) in [6.45, 7) is 0. The summed E-state index contributed by atoms with van der Waals surface area (Å²) in [6.07, 6.45) is 0.503. The van der Waals surface area contributed by atoms with E-state index in [-0.39, 0.29) is 5.44 Å². The van der Waals surface area contributed by atoms with Crippen LogP contribution in [0.5, 0.6) is 0 Å². The number of oxazole rings is 1. The molecule has 1 aromatic heterocycles. The van der Waals surface area contributed by atoms with Crippen LogP contribution >= 0.6 is 7.60 Å². The van der Waals surface area contributed by atoms with Gasteiger partial charge >= 0.3 is 7.60 Å². The number of benzene rings is 1. The highest BCUT2D eigenvalue weighted by Gasteiger charge is 2.33. The van der Waals surface area contributed by atoms with E-state index >= 15 is 0 Å². The fourth-order valence-electron chi connectivity index (χ4n) is 1.80. The molecule has 0 fully saturated rings. The van der Waals surface area contributed by atoms with Gasteiger partial charge in [-0.1, -0.05) is 30.3 Å². The molecule has 1 heterocycles. The fourth-order valence-corrected chi connectivity index (χ4v) is 2.93. The average Bonchev–Trinajstić information content (AvgIpc) is 2.91. The van der Waals surface area contributed by atoms with Crippen LogP contribution in [-0.4, -0.2) is 26.3 Å². The molecule has 1 aromatic carbocycles. The lowest BCUT2D eigenvalue weighted by Crippen LogP contribution is -2.13. The Kier molecular flexibility index (Phi) is 4.60. The van der Waals surface area contributed by atoms with Crippen LogP contribution in [0.3, 0.4) is 0 Å². The number of anilines is 1. The molecule has 108 valence electrons. The molecule has 6 nitrogen and oxygen atoms in total. The molecule has 0 aliphatic heterocycles. The molecule has 2 aromatic rings. The highest BCUT2D eigenvalue weighted by atomic mass is 31.2. The number of nitrogens with zero attached hydrogens (tertiary/aromatic N) is 1. The van der Waals surface area contributed by atoms with Crippen molar-refractivity contribution in [2.45, 2.75) is 6.42 Å². The highest BCUT2D eigenvalue weighted by Crippen LogP contribution is 2.46. The third-order valence-corrected chi connectivity index (χ3v) is 4.60. The van der Waals surface area contributed by atoms with E-state index in [9.17, 15) is 4.57 Å². The van der Waals surface area contributed by atoms with E-state index in [4.69, 9.17) is 13.5 Å². The van der Waals surface area contributed by atoms with Crippen molar-refractivity contribution in [1.82, 2.24) is 4.98 Å². The lowest BCUT2D eigenvalue weighted by atomic mass is 10.2. The van der Waals surface area contributed by atoms with Crippen LogP contribution < -0.4 is 10.8 Å². The molecular weight excluding hydrogens is 279 g/mol. The maximum atomic E-state index is 12.4. The Morgan fingerprint density at radius 2 is 1.90 bits per heavy atom. The van der Waals surface area contributed by atoms with E-state index in [2.05, 4.69) is 10.3 Å². The predicted octanol–water partition coefficient (Wildman–Crippen LogP) is 2.42. The second-order valence-electron chi connectivity index (χ2n) is 4.04. The highest BCUT2D eigenvalue weighted by molar-refractivity contribution is 7.62. The molecule has 0 bridgehead atoms. The largest absolute Gasteiger partial charge is 0.424 e. The van der Waals surface area contributed by atoms with Gasteiger partial charge in [0.2, 0.25) is 17.2 Å². The summed E-state index contributed by atoms with van der Waals surface area (Å²) in [5.74, 6) is 0.743. The van der Waals surface area contributed by atoms with E-state index in [1.54, 1.807) is 7.05 Å². The SMILES string of the molecule is CNc1oc(Cc2ccccc2)nc1P(=O)(OC)OC. The van der Waals surface area contributed by atoms with E-state index in [1.807, 2.05) is 30.3 Å². The predicted molar refractivity (Wildman–Crippen MR) is 76.6 cm³/mol. The summed E-state index contributed by atoms with van der Waals surface area (Å²) in [6, 6.07) is 9.75. The number of nitrogens with one attached hydrogen (secondary N) is 1. The molecule has 20 heavy (non-hydrogen) atoms. The van der Waals surface area contributed by atoms with Gasteiger partial charge in [0.1, 0.15) is 0 Å². The topological polar surface area (TPSA) is 73.6 Å². The van der Waals surface area contributed by atoms with E-state index in [0.29, 0.717) is 18.2 Å². The molecule has 1 N–H and O–H groups in total. The fraction of sp³-hybridized carbons (Fsp3) is 0.308. The first-order valence-electron chi connectivity index (χ1n) is 6.06. The summed E-state index contributed by atoms with van der Waals surface area (Å²) in [5.41, 5.74) is 1.21. The van der Waals surface area contributed by atoms with Gasteiger partial charge in [-0.15, -0.1) is 0 Å². The Hall–Kier alpha value is -1.62. The van der Waals surface area contributed by atoms with Crippen molar-refractivity contribution in [3.63, 3.8) is 0 Å². The first-order chi connectivity index (χ1) is 9.62. The molecule has 0 saturated carbocycles. The Labute approximate surface area is 117 Å². The summed E-state index contributed by atoms with van der Waals surface area (Å²) < 4.78 is 27.9. The van der Waals surface area contributed by atoms with Gasteiger partial charge in [0.25, 0.3) is 0 Å². The van der Waals surface area contributed by atoms with Crippen molar-refractivity contribution >= 4 is 18.9 Å². The molecule has 0 spiro atoms. The number of aromatic nitrogens is 1. The number of rotatable bonds is 6. The van der Waals surface area contributed by atoms with Crippen LogP contribution in [0, 0.1) is 0 Å². The van der Waals surface area contributed by atoms with Crippen molar-refractivity contribution in [3.8, 4) is 0 Å². The molecule has 0 amide bonds. The van der Waals surface area contributed by atoms with Gasteiger partial charge in [0.05, 0.1) is 0 Å². The molecule has 0 radical (unpaired) electrons. The van der Waals surface area contributed by atoms with Gasteiger partial charge in [-0.25, -0.2) is 4.98 Å². The van der Waals surface area contributed by atoms with Crippen molar-refractivity contribution in [2.75, 3.05) is 26.6 Å². The van der Waals surface area contributed by atoms with Crippen molar-refractivity contribution < 1.29 is 18.0 Å². The first-order valence-corrected chi connectivity index (χ1v) is 7.60. The van der Waals surface area contributed by atoms with Crippen LogP contribution in [0.4, 0.5) is 5.88 Å². The second kappa shape index (κ2) is 6.22. The lowest BCUT2D eigenvalue weighted by molar-refractivity contribution is 0.286. The van der Waals surface area contributed by atoms with Crippen LogP contribution in [0.1, 0.15) is 11.5 Å². The number of hydrogen-bond donors (Lipinski definition) is 1. The minimum Gasteiger partial charge on any atom is -0.424 e. The lowest BCUT2D eigenvalue weighted by Gasteiger charge is -2.10. The molecule has 0 unspecified atom stereocenters. The smallest absolute Gasteiger partial charge is 0.384 e. The molecule has 0 saturated heterocycles. The van der Waals surface area contributed by atoms with Gasteiger partial charge in [0.15, 0.2) is 0 Å². The van der Waals surface area contributed by atoms with Crippen LogP contribution in [0.25, 0.3) is 0 Å². The van der Waals surface area contributed by atoms with Crippen molar-refractivity contribution in [2.24, 2.45) is 0 Å². The first kappa shape index (κ1) is 14.8. The zero-order valence-electron chi connectivity index (χ0n) is 11.6. The van der Waals surface area contributed by atoms with E-state index < -0.39 is 7.60 Å². The quantitative estimate of drug-likeness (QED) is 0.825. The Morgan fingerprint density at radius 1 is 1.25 bits per heavy atom. The Balaban J connectivity index is 2.34. The maximum Gasteiger partial charge on any atom is 0.384 e. The third kappa shape index (κ3) is 2.93. The second-order valence-corrected chi connectivity index (χ2v) is 6.18. The van der Waals surface area contributed by atoms with Crippen molar-refractivity contribution in [3.05, 3.63) is 41.8 Å². The minimum absolute atomic E-state index is 0.163. The summed E-state index contributed by atoms with van der Waals surface area (Å²) in [4.78, 5) is 4.25. The third-order valence-electron chi connectivity index (χ3n) is 2.82. The molecule has 0 aliphatic rings. The van der Waals surface area contributed by atoms with Crippen LogP contribution in [0.15, 0.2) is 34.7 Å². The van der Waals surface area contributed by atoms with Crippen LogP contribution in [-0.2, 0) is 20.0 Å². The summed E-state index contributed by atoms with van der Waals surface area (Å²) >= 11 is 0. The van der Waals surface area contributed by atoms with Gasteiger partial charge in [-0.05, 0) is 5.56 Å². The minimum atomic E-state index is -3.44.